The molecule has 3 aromatic carbocycles. The maximum absolute atomic E-state index is 12.9. The number of nitrogens with one attached hydrogen (secondary N) is 2. The first kappa shape index (κ1) is 24.8. The van der Waals surface area contributed by atoms with Crippen LogP contribution in [0.15, 0.2) is 78.9 Å². The molecule has 0 bridgehead atoms. The topological polar surface area (TPSA) is 93.5 Å². The predicted molar refractivity (Wildman–Crippen MR) is 122 cm³/mol. The lowest BCUT2D eigenvalue weighted by Crippen LogP contribution is -2.32. The van der Waals surface area contributed by atoms with Gasteiger partial charge in [0.1, 0.15) is 6.61 Å². The van der Waals surface area contributed by atoms with E-state index in [1.54, 1.807) is 42.5 Å². The molecule has 0 heterocycles. The molecule has 2 amide bonds. The normalized spacial score (nSPS) is 12.0. The summed E-state index contributed by atoms with van der Waals surface area (Å²) in [7, 11) is 0. The number of rotatable bonds is 8. The van der Waals surface area contributed by atoms with Crippen molar-refractivity contribution in [1.82, 2.24) is 5.32 Å². The lowest BCUT2D eigenvalue weighted by atomic mass is 10.0. The number of anilines is 1. The van der Waals surface area contributed by atoms with Crippen molar-refractivity contribution < 1.29 is 27.5 Å². The summed E-state index contributed by atoms with van der Waals surface area (Å²) < 4.78 is 44.0. The van der Waals surface area contributed by atoms with Gasteiger partial charge in [0.2, 0.25) is 5.91 Å². The van der Waals surface area contributed by atoms with Crippen LogP contribution in [0.3, 0.4) is 0 Å². The molecule has 0 aliphatic carbocycles. The lowest BCUT2D eigenvalue weighted by molar-refractivity contribution is -0.137. The maximum Gasteiger partial charge on any atom is 0.416 e. The van der Waals surface area contributed by atoms with Crippen LogP contribution < -0.4 is 16.4 Å². The largest absolute Gasteiger partial charge is 0.445 e. The maximum atomic E-state index is 12.9. The summed E-state index contributed by atoms with van der Waals surface area (Å²) in [6.45, 7) is 0.303. The summed E-state index contributed by atoms with van der Waals surface area (Å²) in [5, 5.41) is 5.29. The first-order valence-corrected chi connectivity index (χ1v) is 10.5. The Kier molecular flexibility index (Phi) is 8.26. The number of carbonyl (C=O) groups is 2. The molecule has 0 fully saturated rings. The van der Waals surface area contributed by atoms with E-state index >= 15 is 0 Å². The van der Waals surface area contributed by atoms with Gasteiger partial charge in [-0.15, -0.1) is 0 Å². The van der Waals surface area contributed by atoms with Crippen LogP contribution in [-0.4, -0.2) is 12.0 Å². The molecular weight excluding hydrogens is 447 g/mol. The first-order chi connectivity index (χ1) is 16.2. The quantitative estimate of drug-likeness (QED) is 0.423. The van der Waals surface area contributed by atoms with Crippen LogP contribution in [0.4, 0.5) is 23.7 Å². The van der Waals surface area contributed by atoms with Crippen LogP contribution in [0, 0.1) is 0 Å². The van der Waals surface area contributed by atoms with Crippen LogP contribution in [0.25, 0.3) is 0 Å². The van der Waals surface area contributed by atoms with E-state index in [1.165, 1.54) is 12.1 Å². The molecule has 4 N–H and O–H groups in total. The van der Waals surface area contributed by atoms with E-state index in [1.807, 2.05) is 12.1 Å². The van der Waals surface area contributed by atoms with E-state index in [9.17, 15) is 22.8 Å². The van der Waals surface area contributed by atoms with Crippen LogP contribution in [0.1, 0.15) is 34.7 Å². The van der Waals surface area contributed by atoms with E-state index < -0.39 is 29.8 Å². The van der Waals surface area contributed by atoms with Crippen molar-refractivity contribution in [2.24, 2.45) is 5.73 Å². The average molecular weight is 471 g/mol. The molecule has 178 valence electrons. The minimum absolute atomic E-state index is 0.00445. The van der Waals surface area contributed by atoms with E-state index in [0.29, 0.717) is 17.8 Å². The van der Waals surface area contributed by atoms with Crippen molar-refractivity contribution >= 4 is 17.7 Å². The summed E-state index contributed by atoms with van der Waals surface area (Å²) in [5.41, 5.74) is 7.22. The second-order valence-corrected chi connectivity index (χ2v) is 7.54. The fourth-order valence-corrected chi connectivity index (χ4v) is 3.24. The van der Waals surface area contributed by atoms with E-state index in [0.717, 1.165) is 23.3 Å². The molecule has 34 heavy (non-hydrogen) atoms. The molecule has 0 aliphatic rings. The molecular formula is C25H24F3N3O3. The molecule has 0 aliphatic heterocycles. The highest BCUT2D eigenvalue weighted by Crippen LogP contribution is 2.30. The number of carbonyl (C=O) groups excluding carboxylic acids is 2. The van der Waals surface area contributed by atoms with Gasteiger partial charge in [-0.3, -0.25) is 4.79 Å². The van der Waals surface area contributed by atoms with Crippen LogP contribution >= 0.6 is 0 Å². The average Bonchev–Trinajstić information content (AvgIpc) is 2.82. The van der Waals surface area contributed by atoms with Gasteiger partial charge >= 0.3 is 12.3 Å². The van der Waals surface area contributed by atoms with E-state index in [2.05, 4.69) is 10.6 Å². The fourth-order valence-electron chi connectivity index (χ4n) is 3.24. The third kappa shape index (κ3) is 7.35. The standard InChI is InChI=1S/C25H24F3N3O3/c26-25(27,28)20-11-9-19(10-12-20)22(31-24(33)34-16-17-5-2-1-3-6-17)14-23(32)30-21-8-4-7-18(13-21)15-29/h1-13,22H,14-16,29H2,(H,30,32)(H,31,33)/t22-/m0/s1. The Labute approximate surface area is 194 Å². The van der Waals surface area contributed by atoms with Crippen LogP contribution in [0.2, 0.25) is 0 Å². The Morgan fingerprint density at radius 3 is 2.24 bits per heavy atom. The number of amides is 2. The third-order valence-electron chi connectivity index (χ3n) is 4.98. The molecule has 6 nitrogen and oxygen atoms in total. The highest BCUT2D eigenvalue weighted by Gasteiger charge is 2.30. The number of halogens is 3. The number of ether oxygens (including phenoxy) is 1. The van der Waals surface area contributed by atoms with Crippen molar-refractivity contribution in [3.05, 3.63) is 101 Å². The van der Waals surface area contributed by atoms with Gasteiger partial charge in [0.25, 0.3) is 0 Å². The van der Waals surface area contributed by atoms with Gasteiger partial charge in [0.05, 0.1) is 18.0 Å². The van der Waals surface area contributed by atoms with Gasteiger partial charge in [-0.05, 0) is 41.0 Å². The van der Waals surface area contributed by atoms with E-state index in [4.69, 9.17) is 10.5 Å². The Morgan fingerprint density at radius 1 is 0.912 bits per heavy atom. The zero-order chi connectivity index (χ0) is 24.6. The lowest BCUT2D eigenvalue weighted by Gasteiger charge is -2.20. The predicted octanol–water partition coefficient (Wildman–Crippen LogP) is 5.16. The number of alkyl halides is 3. The molecule has 1 atom stereocenters. The first-order valence-electron chi connectivity index (χ1n) is 10.5. The number of alkyl carbamates (subject to hydrolysis) is 1. The third-order valence-corrected chi connectivity index (χ3v) is 4.98. The number of hydrogen-bond acceptors (Lipinski definition) is 4. The second kappa shape index (κ2) is 11.3. The SMILES string of the molecule is NCc1cccc(NC(=O)C[C@H](NC(=O)OCc2ccccc2)c2ccc(C(F)(F)F)cc2)c1. The Balaban J connectivity index is 1.72. The van der Waals surface area contributed by atoms with Crippen LogP contribution in [0.5, 0.6) is 0 Å². The summed E-state index contributed by atoms with van der Waals surface area (Å²) in [5.74, 6) is -0.442. The second-order valence-electron chi connectivity index (χ2n) is 7.54. The van der Waals surface area contributed by atoms with Crippen molar-refractivity contribution in [1.29, 1.82) is 0 Å². The highest BCUT2D eigenvalue weighted by atomic mass is 19.4. The zero-order valence-corrected chi connectivity index (χ0v) is 18.1. The van der Waals surface area contributed by atoms with Gasteiger partial charge in [-0.25, -0.2) is 4.79 Å². The number of nitrogens with two attached hydrogens (primary N) is 1. The molecule has 0 unspecified atom stereocenters. The summed E-state index contributed by atoms with van der Waals surface area (Å²) in [6.07, 6.45) is -5.52. The van der Waals surface area contributed by atoms with Crippen molar-refractivity contribution in [2.45, 2.75) is 31.8 Å². The van der Waals surface area contributed by atoms with Crippen LogP contribution in [-0.2, 0) is 28.9 Å². The van der Waals surface area contributed by atoms with Gasteiger partial charge in [0.15, 0.2) is 0 Å². The number of hydrogen-bond donors (Lipinski definition) is 3. The molecule has 3 rings (SSSR count). The highest BCUT2D eigenvalue weighted by molar-refractivity contribution is 5.91. The number of benzene rings is 3. The summed E-state index contributed by atoms with van der Waals surface area (Å²) >= 11 is 0. The molecule has 3 aromatic rings. The Hall–Kier alpha value is -3.85. The van der Waals surface area contributed by atoms with Gasteiger partial charge < -0.3 is 21.1 Å². The fraction of sp³-hybridized carbons (Fsp3) is 0.200. The molecule has 0 radical (unpaired) electrons. The molecule has 0 aromatic heterocycles. The molecule has 0 spiro atoms. The smallest absolute Gasteiger partial charge is 0.416 e. The summed E-state index contributed by atoms with van der Waals surface area (Å²) in [4.78, 5) is 25.1. The summed E-state index contributed by atoms with van der Waals surface area (Å²) in [6, 6.07) is 19.3. The monoisotopic (exact) mass is 471 g/mol. The molecule has 0 saturated heterocycles. The minimum atomic E-state index is -4.50. The molecule has 9 heteroatoms. The van der Waals surface area contributed by atoms with Gasteiger partial charge in [-0.1, -0.05) is 54.6 Å². The molecule has 0 saturated carbocycles. The Bertz CT molecular complexity index is 1100. The van der Waals surface area contributed by atoms with Crippen molar-refractivity contribution in [3.63, 3.8) is 0 Å². The minimum Gasteiger partial charge on any atom is -0.445 e. The van der Waals surface area contributed by atoms with Crippen molar-refractivity contribution in [3.8, 4) is 0 Å². The van der Waals surface area contributed by atoms with Gasteiger partial charge in [0, 0.05) is 12.2 Å². The Morgan fingerprint density at radius 2 is 1.59 bits per heavy atom. The zero-order valence-electron chi connectivity index (χ0n) is 18.1. The van der Waals surface area contributed by atoms with Gasteiger partial charge in [-0.2, -0.15) is 13.2 Å². The van der Waals surface area contributed by atoms with Crippen molar-refractivity contribution in [2.75, 3.05) is 5.32 Å². The van der Waals surface area contributed by atoms with E-state index in [-0.39, 0.29) is 13.0 Å².